The molecule has 23 heavy (non-hydrogen) atoms. The number of rotatable bonds is 6. The molecule has 0 aromatic heterocycles. The molecule has 0 spiro atoms. The summed E-state index contributed by atoms with van der Waals surface area (Å²) in [6.45, 7) is 1.20. The topological polar surface area (TPSA) is 32.3 Å². The molecule has 0 fully saturated rings. The summed E-state index contributed by atoms with van der Waals surface area (Å²) in [4.78, 5) is 13.9. The maximum absolute atomic E-state index is 12.0. The van der Waals surface area contributed by atoms with E-state index in [0.717, 1.165) is 11.1 Å². The second-order valence-corrected chi connectivity index (χ2v) is 6.45. The van der Waals surface area contributed by atoms with Crippen molar-refractivity contribution in [3.05, 3.63) is 68.7 Å². The predicted octanol–water partition coefficient (Wildman–Crippen LogP) is 4.40. The summed E-state index contributed by atoms with van der Waals surface area (Å²) >= 11 is 18.2. The van der Waals surface area contributed by atoms with Gasteiger partial charge in [0, 0.05) is 18.1 Å². The zero-order valence-electron chi connectivity index (χ0n) is 12.7. The molecule has 0 unspecified atom stereocenters. The first-order valence-electron chi connectivity index (χ1n) is 7.09. The van der Waals surface area contributed by atoms with E-state index in [-0.39, 0.29) is 12.5 Å². The van der Waals surface area contributed by atoms with E-state index < -0.39 is 0 Å². The molecule has 0 heterocycles. The van der Waals surface area contributed by atoms with Crippen molar-refractivity contribution in [1.82, 2.24) is 10.2 Å². The minimum atomic E-state index is -0.0782. The van der Waals surface area contributed by atoms with E-state index >= 15 is 0 Å². The van der Waals surface area contributed by atoms with Crippen LogP contribution in [-0.2, 0) is 17.9 Å². The van der Waals surface area contributed by atoms with Gasteiger partial charge in [-0.15, -0.1) is 0 Å². The summed E-state index contributed by atoms with van der Waals surface area (Å²) in [6, 6.07) is 12.9. The molecule has 1 amide bonds. The summed E-state index contributed by atoms with van der Waals surface area (Å²) in [5, 5.41) is 4.54. The van der Waals surface area contributed by atoms with Crippen LogP contribution in [0.5, 0.6) is 0 Å². The molecule has 2 aromatic rings. The number of halogens is 3. The van der Waals surface area contributed by atoms with Crippen molar-refractivity contribution in [3.8, 4) is 0 Å². The normalized spacial score (nSPS) is 10.8. The Balaban J connectivity index is 1.85. The Morgan fingerprint density at radius 2 is 1.65 bits per heavy atom. The smallest absolute Gasteiger partial charge is 0.234 e. The molecule has 0 aliphatic heterocycles. The van der Waals surface area contributed by atoms with E-state index in [1.54, 1.807) is 12.1 Å². The number of hydrogen-bond donors (Lipinski definition) is 1. The Bertz CT molecular complexity index is 691. The van der Waals surface area contributed by atoms with Crippen molar-refractivity contribution < 1.29 is 4.79 Å². The highest BCUT2D eigenvalue weighted by Gasteiger charge is 2.11. The van der Waals surface area contributed by atoms with Crippen molar-refractivity contribution in [3.63, 3.8) is 0 Å². The van der Waals surface area contributed by atoms with Crippen LogP contribution in [-0.4, -0.2) is 24.4 Å². The highest BCUT2D eigenvalue weighted by atomic mass is 35.5. The van der Waals surface area contributed by atoms with E-state index in [4.69, 9.17) is 34.8 Å². The number of nitrogens with one attached hydrogen (secondary N) is 1. The van der Waals surface area contributed by atoms with Crippen LogP contribution < -0.4 is 5.32 Å². The summed E-state index contributed by atoms with van der Waals surface area (Å²) in [6.07, 6.45) is 0. The van der Waals surface area contributed by atoms with Gasteiger partial charge in [-0.3, -0.25) is 9.69 Å². The van der Waals surface area contributed by atoms with E-state index in [1.165, 1.54) is 0 Å². The average molecular weight is 372 g/mol. The molecule has 0 radical (unpaired) electrons. The van der Waals surface area contributed by atoms with Crippen LogP contribution in [0, 0.1) is 0 Å². The Kier molecular flexibility index (Phi) is 6.72. The Morgan fingerprint density at radius 3 is 2.39 bits per heavy atom. The number of benzene rings is 2. The average Bonchev–Trinajstić information content (AvgIpc) is 2.51. The number of likely N-dealkylation sites (N-methyl/N-ethyl adjacent to an activating group) is 1. The first-order valence-corrected chi connectivity index (χ1v) is 8.22. The van der Waals surface area contributed by atoms with Gasteiger partial charge in [0.05, 0.1) is 16.6 Å². The summed E-state index contributed by atoms with van der Waals surface area (Å²) in [5.41, 5.74) is 1.78. The summed E-state index contributed by atoms with van der Waals surface area (Å²) in [5.74, 6) is -0.0782. The lowest BCUT2D eigenvalue weighted by atomic mass is 10.2. The highest BCUT2D eigenvalue weighted by molar-refractivity contribution is 6.42. The minimum Gasteiger partial charge on any atom is -0.351 e. The lowest BCUT2D eigenvalue weighted by Gasteiger charge is -2.17. The highest BCUT2D eigenvalue weighted by Crippen LogP contribution is 2.26. The molecule has 0 bridgehead atoms. The van der Waals surface area contributed by atoms with Gasteiger partial charge in [-0.1, -0.05) is 65.1 Å². The largest absolute Gasteiger partial charge is 0.351 e. The predicted molar refractivity (Wildman–Crippen MR) is 96.1 cm³/mol. The molecule has 0 saturated carbocycles. The molecular weight excluding hydrogens is 355 g/mol. The molecule has 1 N–H and O–H groups in total. The van der Waals surface area contributed by atoms with E-state index in [2.05, 4.69) is 5.32 Å². The monoisotopic (exact) mass is 370 g/mol. The second kappa shape index (κ2) is 8.55. The van der Waals surface area contributed by atoms with Gasteiger partial charge >= 0.3 is 0 Å². The van der Waals surface area contributed by atoms with Gasteiger partial charge in [-0.05, 0) is 30.3 Å². The minimum absolute atomic E-state index is 0.0782. The molecule has 0 aliphatic rings. The molecule has 122 valence electrons. The molecule has 0 atom stereocenters. The van der Waals surface area contributed by atoms with Gasteiger partial charge in [0.15, 0.2) is 0 Å². The van der Waals surface area contributed by atoms with Crippen LogP contribution in [0.1, 0.15) is 11.1 Å². The Hall–Kier alpha value is -1.26. The van der Waals surface area contributed by atoms with Crippen molar-refractivity contribution in [2.75, 3.05) is 13.6 Å². The molecule has 3 nitrogen and oxygen atoms in total. The maximum atomic E-state index is 12.0. The van der Waals surface area contributed by atoms with E-state index in [9.17, 15) is 4.79 Å². The lowest BCUT2D eigenvalue weighted by molar-refractivity contribution is -0.122. The van der Waals surface area contributed by atoms with Crippen LogP contribution in [0.3, 0.4) is 0 Å². The van der Waals surface area contributed by atoms with Crippen LogP contribution in [0.4, 0.5) is 0 Å². The van der Waals surface area contributed by atoms with E-state index in [0.29, 0.717) is 28.2 Å². The van der Waals surface area contributed by atoms with Crippen LogP contribution in [0.2, 0.25) is 15.1 Å². The van der Waals surface area contributed by atoms with Gasteiger partial charge in [0.2, 0.25) is 5.91 Å². The second-order valence-electron chi connectivity index (χ2n) is 5.25. The fourth-order valence-corrected chi connectivity index (χ4v) is 2.74. The van der Waals surface area contributed by atoms with Gasteiger partial charge in [-0.25, -0.2) is 0 Å². The van der Waals surface area contributed by atoms with Crippen molar-refractivity contribution in [2.45, 2.75) is 13.1 Å². The Labute approximate surface area is 151 Å². The van der Waals surface area contributed by atoms with Crippen LogP contribution in [0.15, 0.2) is 42.5 Å². The first-order chi connectivity index (χ1) is 11.0. The SMILES string of the molecule is CN(CC(=O)NCc1ccccc1Cl)Cc1cccc(Cl)c1Cl. The fraction of sp³-hybridized carbons (Fsp3) is 0.235. The van der Waals surface area contributed by atoms with Crippen molar-refractivity contribution in [1.29, 1.82) is 0 Å². The summed E-state index contributed by atoms with van der Waals surface area (Å²) in [7, 11) is 1.85. The molecular formula is C17H17Cl3N2O. The van der Waals surface area contributed by atoms with Crippen molar-refractivity contribution in [2.24, 2.45) is 0 Å². The number of carbonyl (C=O) groups is 1. The zero-order valence-corrected chi connectivity index (χ0v) is 14.9. The Morgan fingerprint density at radius 1 is 1.00 bits per heavy atom. The number of hydrogen-bond acceptors (Lipinski definition) is 2. The molecule has 6 heteroatoms. The zero-order chi connectivity index (χ0) is 16.8. The van der Waals surface area contributed by atoms with Gasteiger partial charge in [0.1, 0.15) is 0 Å². The maximum Gasteiger partial charge on any atom is 0.234 e. The molecule has 2 aromatic carbocycles. The van der Waals surface area contributed by atoms with Gasteiger partial charge in [0.25, 0.3) is 0 Å². The fourth-order valence-electron chi connectivity index (χ4n) is 2.15. The molecule has 2 rings (SSSR count). The van der Waals surface area contributed by atoms with Crippen LogP contribution in [0.25, 0.3) is 0 Å². The lowest BCUT2D eigenvalue weighted by Crippen LogP contribution is -2.34. The first kappa shape index (κ1) is 18.1. The number of amides is 1. The van der Waals surface area contributed by atoms with Gasteiger partial charge < -0.3 is 5.32 Å². The number of nitrogens with zero attached hydrogens (tertiary/aromatic N) is 1. The standard InChI is InChI=1S/C17H17Cl3N2O/c1-22(10-13-6-4-8-15(19)17(13)20)11-16(23)21-9-12-5-2-3-7-14(12)18/h2-8H,9-11H2,1H3,(H,21,23). The number of carbonyl (C=O) groups excluding carboxylic acids is 1. The molecule has 0 saturated heterocycles. The van der Waals surface area contributed by atoms with E-state index in [1.807, 2.05) is 42.3 Å². The third kappa shape index (κ3) is 5.40. The van der Waals surface area contributed by atoms with Crippen LogP contribution >= 0.6 is 34.8 Å². The third-order valence-electron chi connectivity index (χ3n) is 3.32. The van der Waals surface area contributed by atoms with Gasteiger partial charge in [-0.2, -0.15) is 0 Å². The molecule has 0 aliphatic carbocycles. The third-order valence-corrected chi connectivity index (χ3v) is 4.55. The quantitative estimate of drug-likeness (QED) is 0.816. The van der Waals surface area contributed by atoms with Crippen molar-refractivity contribution >= 4 is 40.7 Å². The summed E-state index contributed by atoms with van der Waals surface area (Å²) < 4.78 is 0.